The molecule has 8 nitrogen and oxygen atoms in total. The molecule has 2 heterocycles. The van der Waals surface area contributed by atoms with Crippen molar-refractivity contribution in [2.24, 2.45) is 10.9 Å². The fourth-order valence-electron chi connectivity index (χ4n) is 3.62. The molecule has 0 unspecified atom stereocenters. The fourth-order valence-corrected chi connectivity index (χ4v) is 3.62. The number of aliphatic imine (C=N–C) groups is 1. The van der Waals surface area contributed by atoms with Crippen LogP contribution in [0.25, 0.3) is 0 Å². The van der Waals surface area contributed by atoms with Crippen LogP contribution in [0, 0.1) is 19.8 Å². The van der Waals surface area contributed by atoms with Gasteiger partial charge in [-0.15, -0.1) is 0 Å². The van der Waals surface area contributed by atoms with E-state index in [0.29, 0.717) is 17.4 Å². The van der Waals surface area contributed by atoms with E-state index < -0.39 is 0 Å². The van der Waals surface area contributed by atoms with Crippen molar-refractivity contribution in [3.8, 4) is 11.5 Å². The highest BCUT2D eigenvalue weighted by molar-refractivity contribution is 5.93. The lowest BCUT2D eigenvalue weighted by atomic mass is 9.97. The molecule has 0 aliphatic carbocycles. The molecule has 1 aromatic carbocycles. The Morgan fingerprint density at radius 1 is 1.20 bits per heavy atom. The number of rotatable bonds is 7. The van der Waals surface area contributed by atoms with Crippen molar-refractivity contribution in [3.63, 3.8) is 0 Å². The third-order valence-corrected chi connectivity index (χ3v) is 5.57. The Balaban J connectivity index is 1.45. The van der Waals surface area contributed by atoms with Gasteiger partial charge in [-0.2, -0.15) is 0 Å². The van der Waals surface area contributed by atoms with Crippen LogP contribution in [-0.2, 0) is 6.54 Å². The Labute approximate surface area is 178 Å². The van der Waals surface area contributed by atoms with Crippen molar-refractivity contribution < 1.29 is 13.9 Å². The summed E-state index contributed by atoms with van der Waals surface area (Å²) in [5.74, 6) is 4.47. The molecule has 0 atom stereocenters. The summed E-state index contributed by atoms with van der Waals surface area (Å²) < 4.78 is 16.4. The van der Waals surface area contributed by atoms with Crippen LogP contribution < -0.4 is 20.1 Å². The quantitative estimate of drug-likeness (QED) is 0.531. The minimum absolute atomic E-state index is 0.609. The van der Waals surface area contributed by atoms with E-state index in [1.165, 1.54) is 0 Å². The number of oxazole rings is 1. The molecule has 0 radical (unpaired) electrons. The van der Waals surface area contributed by atoms with Crippen LogP contribution in [0.3, 0.4) is 0 Å². The topological polar surface area (TPSA) is 84.2 Å². The minimum atomic E-state index is 0.609. The van der Waals surface area contributed by atoms with E-state index in [9.17, 15) is 0 Å². The summed E-state index contributed by atoms with van der Waals surface area (Å²) in [5, 5.41) is 6.76. The molecule has 2 N–H and O–H groups in total. The van der Waals surface area contributed by atoms with Gasteiger partial charge in [0.15, 0.2) is 17.5 Å². The van der Waals surface area contributed by atoms with E-state index in [1.54, 1.807) is 21.3 Å². The summed E-state index contributed by atoms with van der Waals surface area (Å²) in [5.41, 5.74) is 1.88. The molecule has 0 spiro atoms. The number of aromatic nitrogens is 1. The third kappa shape index (κ3) is 5.66. The van der Waals surface area contributed by atoms with Gasteiger partial charge in [0.25, 0.3) is 0 Å². The first-order chi connectivity index (χ1) is 14.5. The first-order valence-electron chi connectivity index (χ1n) is 10.4. The summed E-state index contributed by atoms with van der Waals surface area (Å²) in [4.78, 5) is 11.2. The van der Waals surface area contributed by atoms with Crippen molar-refractivity contribution in [3.05, 3.63) is 35.5 Å². The van der Waals surface area contributed by atoms with Crippen molar-refractivity contribution >= 4 is 11.6 Å². The minimum Gasteiger partial charge on any atom is -0.493 e. The zero-order valence-corrected chi connectivity index (χ0v) is 18.6. The Morgan fingerprint density at radius 3 is 2.53 bits per heavy atom. The maximum Gasteiger partial charge on any atom is 0.208 e. The smallest absolute Gasteiger partial charge is 0.208 e. The number of benzene rings is 1. The standard InChI is InChI=1S/C22H33N5O3/c1-15-16(2)30-21(25-15)14-27-10-8-17(9-11-27)13-24-22(23-3)26-18-6-7-19(28-4)20(12-18)29-5/h6-7,12,17H,8-11,13-14H2,1-5H3,(H2,23,24,26). The Morgan fingerprint density at radius 2 is 1.93 bits per heavy atom. The number of nitrogens with one attached hydrogen (secondary N) is 2. The number of methoxy groups -OCH3 is 2. The van der Waals surface area contributed by atoms with E-state index >= 15 is 0 Å². The zero-order chi connectivity index (χ0) is 21.5. The number of aryl methyl sites for hydroxylation is 2. The zero-order valence-electron chi connectivity index (χ0n) is 18.6. The normalized spacial score (nSPS) is 15.8. The molecule has 1 aliphatic rings. The van der Waals surface area contributed by atoms with Gasteiger partial charge in [-0.3, -0.25) is 9.89 Å². The number of hydrogen-bond donors (Lipinski definition) is 2. The number of nitrogens with zero attached hydrogens (tertiary/aromatic N) is 3. The number of likely N-dealkylation sites (tertiary alicyclic amines) is 1. The number of hydrogen-bond acceptors (Lipinski definition) is 6. The molecule has 164 valence electrons. The number of piperidine rings is 1. The molecular formula is C22H33N5O3. The number of ether oxygens (including phenoxy) is 2. The maximum absolute atomic E-state index is 5.72. The van der Waals surface area contributed by atoms with Crippen molar-refractivity contribution in [2.45, 2.75) is 33.2 Å². The average molecular weight is 416 g/mol. The van der Waals surface area contributed by atoms with E-state index in [4.69, 9.17) is 13.9 Å². The first-order valence-corrected chi connectivity index (χ1v) is 10.4. The van der Waals surface area contributed by atoms with Gasteiger partial charge in [0.2, 0.25) is 5.89 Å². The molecule has 1 aromatic heterocycles. The molecule has 1 aliphatic heterocycles. The summed E-state index contributed by atoms with van der Waals surface area (Å²) >= 11 is 0. The number of guanidine groups is 1. The molecule has 1 fully saturated rings. The SMILES string of the molecule is CN=C(NCC1CCN(Cc2nc(C)c(C)o2)CC1)Nc1ccc(OC)c(OC)c1. The molecule has 2 aromatic rings. The third-order valence-electron chi connectivity index (χ3n) is 5.57. The number of anilines is 1. The predicted octanol–water partition coefficient (Wildman–Crippen LogP) is 3.21. The van der Waals surface area contributed by atoms with Crippen LogP contribution in [0.15, 0.2) is 27.6 Å². The van der Waals surface area contributed by atoms with E-state index in [2.05, 4.69) is 25.5 Å². The van der Waals surface area contributed by atoms with Gasteiger partial charge in [0, 0.05) is 25.3 Å². The van der Waals surface area contributed by atoms with E-state index in [0.717, 1.165) is 68.0 Å². The van der Waals surface area contributed by atoms with Crippen LogP contribution in [0.4, 0.5) is 5.69 Å². The summed E-state index contributed by atoms with van der Waals surface area (Å²) in [7, 11) is 5.04. The van der Waals surface area contributed by atoms with Gasteiger partial charge in [0.05, 0.1) is 26.5 Å². The predicted molar refractivity (Wildman–Crippen MR) is 119 cm³/mol. The highest BCUT2D eigenvalue weighted by Crippen LogP contribution is 2.29. The monoisotopic (exact) mass is 415 g/mol. The Kier molecular flexibility index (Phi) is 7.57. The first kappa shape index (κ1) is 22.0. The van der Waals surface area contributed by atoms with Crippen LogP contribution in [0.2, 0.25) is 0 Å². The van der Waals surface area contributed by atoms with Crippen LogP contribution in [0.1, 0.15) is 30.2 Å². The van der Waals surface area contributed by atoms with Gasteiger partial charge in [-0.25, -0.2) is 4.98 Å². The fraction of sp³-hybridized carbons (Fsp3) is 0.545. The summed E-state index contributed by atoms with van der Waals surface area (Å²) in [6, 6.07) is 5.72. The molecule has 0 bridgehead atoms. The summed E-state index contributed by atoms with van der Waals surface area (Å²) in [6.45, 7) is 7.73. The molecule has 30 heavy (non-hydrogen) atoms. The summed E-state index contributed by atoms with van der Waals surface area (Å²) in [6.07, 6.45) is 2.28. The van der Waals surface area contributed by atoms with Crippen LogP contribution in [0.5, 0.6) is 11.5 Å². The highest BCUT2D eigenvalue weighted by atomic mass is 16.5. The van der Waals surface area contributed by atoms with E-state index in [1.807, 2.05) is 32.0 Å². The average Bonchev–Trinajstić information content (AvgIpc) is 3.08. The van der Waals surface area contributed by atoms with Gasteiger partial charge in [-0.1, -0.05) is 0 Å². The second-order valence-electron chi connectivity index (χ2n) is 7.62. The van der Waals surface area contributed by atoms with E-state index in [-0.39, 0.29) is 0 Å². The second kappa shape index (κ2) is 10.3. The lowest BCUT2D eigenvalue weighted by Gasteiger charge is -2.31. The largest absolute Gasteiger partial charge is 0.493 e. The Hall–Kier alpha value is -2.74. The lowest BCUT2D eigenvalue weighted by Crippen LogP contribution is -2.40. The van der Waals surface area contributed by atoms with Gasteiger partial charge >= 0.3 is 0 Å². The maximum atomic E-state index is 5.72. The molecule has 0 saturated carbocycles. The molecule has 3 rings (SSSR count). The molecule has 0 amide bonds. The molecule has 1 saturated heterocycles. The molecular weight excluding hydrogens is 382 g/mol. The molecule has 8 heteroatoms. The van der Waals surface area contributed by atoms with Gasteiger partial charge < -0.3 is 24.5 Å². The van der Waals surface area contributed by atoms with Gasteiger partial charge in [-0.05, 0) is 57.8 Å². The highest BCUT2D eigenvalue weighted by Gasteiger charge is 2.21. The Bertz CT molecular complexity index is 837. The van der Waals surface area contributed by atoms with Gasteiger partial charge in [0.1, 0.15) is 5.76 Å². The van der Waals surface area contributed by atoms with Crippen molar-refractivity contribution in [2.75, 3.05) is 46.2 Å². The van der Waals surface area contributed by atoms with Crippen LogP contribution >= 0.6 is 0 Å². The van der Waals surface area contributed by atoms with Crippen molar-refractivity contribution in [1.82, 2.24) is 15.2 Å². The van der Waals surface area contributed by atoms with Crippen LogP contribution in [-0.4, -0.2) is 56.7 Å². The van der Waals surface area contributed by atoms with Crippen molar-refractivity contribution in [1.29, 1.82) is 0 Å². The lowest BCUT2D eigenvalue weighted by molar-refractivity contribution is 0.164. The second-order valence-corrected chi connectivity index (χ2v) is 7.62.